The second-order valence-electron chi connectivity index (χ2n) is 4.85. The van der Waals surface area contributed by atoms with E-state index in [1.807, 2.05) is 23.5 Å². The Balaban J connectivity index is 2.16. The molecule has 90 valence electrons. The summed E-state index contributed by atoms with van der Waals surface area (Å²) in [6.45, 7) is 0. The summed E-state index contributed by atoms with van der Waals surface area (Å²) < 4.78 is 2.26. The van der Waals surface area contributed by atoms with Crippen molar-refractivity contribution >= 4 is 22.2 Å². The highest BCUT2D eigenvalue weighted by Crippen LogP contribution is 2.42. The molecule has 1 aliphatic carbocycles. The van der Waals surface area contributed by atoms with Crippen molar-refractivity contribution in [2.24, 2.45) is 7.05 Å². The van der Waals surface area contributed by atoms with Crippen LogP contribution in [0.2, 0.25) is 0 Å². The molecule has 1 aromatic carbocycles. The summed E-state index contributed by atoms with van der Waals surface area (Å²) in [4.78, 5) is 1.48. The van der Waals surface area contributed by atoms with E-state index in [9.17, 15) is 5.11 Å². The first-order valence-electron chi connectivity index (χ1n) is 6.13. The Kier molecular flexibility index (Phi) is 1.92. The SMILES string of the molecule is Cn1c2c(c3cc(O)ccc31)CCc1sccc1-2. The van der Waals surface area contributed by atoms with Crippen molar-refractivity contribution < 1.29 is 5.11 Å². The highest BCUT2D eigenvalue weighted by molar-refractivity contribution is 7.10. The van der Waals surface area contributed by atoms with E-state index in [2.05, 4.69) is 23.1 Å². The fourth-order valence-corrected chi connectivity index (χ4v) is 3.97. The van der Waals surface area contributed by atoms with Crippen molar-refractivity contribution in [2.75, 3.05) is 0 Å². The van der Waals surface area contributed by atoms with Gasteiger partial charge in [-0.2, -0.15) is 0 Å². The van der Waals surface area contributed by atoms with Gasteiger partial charge in [-0.15, -0.1) is 11.3 Å². The number of phenols is 1. The lowest BCUT2D eigenvalue weighted by atomic mass is 9.95. The smallest absolute Gasteiger partial charge is 0.116 e. The molecule has 0 amide bonds. The highest BCUT2D eigenvalue weighted by Gasteiger charge is 2.23. The lowest BCUT2D eigenvalue weighted by Gasteiger charge is -2.14. The van der Waals surface area contributed by atoms with Crippen LogP contribution in [0.25, 0.3) is 22.2 Å². The third kappa shape index (κ3) is 1.17. The maximum atomic E-state index is 9.69. The summed E-state index contributed by atoms with van der Waals surface area (Å²) in [6, 6.07) is 7.89. The Bertz CT molecular complexity index is 766. The van der Waals surface area contributed by atoms with Gasteiger partial charge in [0, 0.05) is 28.4 Å². The predicted molar refractivity (Wildman–Crippen MR) is 75.3 cm³/mol. The lowest BCUT2D eigenvalue weighted by molar-refractivity contribution is 0.476. The molecule has 4 rings (SSSR count). The van der Waals surface area contributed by atoms with Gasteiger partial charge in [-0.05, 0) is 48.1 Å². The fraction of sp³-hybridized carbons (Fsp3) is 0.200. The zero-order chi connectivity index (χ0) is 12.3. The van der Waals surface area contributed by atoms with Crippen molar-refractivity contribution in [3.63, 3.8) is 0 Å². The molecule has 0 spiro atoms. The maximum absolute atomic E-state index is 9.69. The van der Waals surface area contributed by atoms with Crippen LogP contribution in [0.1, 0.15) is 10.4 Å². The lowest BCUT2D eigenvalue weighted by Crippen LogP contribution is -2.02. The first-order valence-corrected chi connectivity index (χ1v) is 7.00. The molecule has 0 radical (unpaired) electrons. The first-order chi connectivity index (χ1) is 8.75. The summed E-state index contributed by atoms with van der Waals surface area (Å²) in [5, 5.41) is 13.1. The minimum Gasteiger partial charge on any atom is -0.508 e. The van der Waals surface area contributed by atoms with Crippen molar-refractivity contribution in [1.29, 1.82) is 0 Å². The molecule has 0 saturated heterocycles. The van der Waals surface area contributed by atoms with Crippen LogP contribution < -0.4 is 0 Å². The minimum atomic E-state index is 0.354. The number of hydrogen-bond donors (Lipinski definition) is 1. The van der Waals surface area contributed by atoms with Crippen molar-refractivity contribution in [2.45, 2.75) is 12.8 Å². The number of hydrogen-bond acceptors (Lipinski definition) is 2. The van der Waals surface area contributed by atoms with E-state index in [-0.39, 0.29) is 0 Å². The number of nitrogens with zero attached hydrogens (tertiary/aromatic N) is 1. The number of rotatable bonds is 0. The van der Waals surface area contributed by atoms with Gasteiger partial charge in [0.2, 0.25) is 0 Å². The average molecular weight is 255 g/mol. The van der Waals surface area contributed by atoms with Gasteiger partial charge in [0.15, 0.2) is 0 Å². The normalized spacial score (nSPS) is 13.6. The van der Waals surface area contributed by atoms with Crippen molar-refractivity contribution in [3.8, 4) is 17.0 Å². The Morgan fingerprint density at radius 3 is 3.00 bits per heavy atom. The van der Waals surface area contributed by atoms with E-state index < -0.39 is 0 Å². The average Bonchev–Trinajstić information content (AvgIpc) is 2.93. The monoisotopic (exact) mass is 255 g/mol. The third-order valence-corrected chi connectivity index (χ3v) is 4.87. The number of aryl methyl sites for hydroxylation is 3. The van der Waals surface area contributed by atoms with Gasteiger partial charge in [-0.25, -0.2) is 0 Å². The van der Waals surface area contributed by atoms with Gasteiger partial charge in [-0.1, -0.05) is 0 Å². The van der Waals surface area contributed by atoms with Gasteiger partial charge in [-0.3, -0.25) is 0 Å². The molecule has 2 nitrogen and oxygen atoms in total. The van der Waals surface area contributed by atoms with Crippen LogP contribution in [-0.2, 0) is 19.9 Å². The second-order valence-corrected chi connectivity index (χ2v) is 5.85. The van der Waals surface area contributed by atoms with Crippen molar-refractivity contribution in [1.82, 2.24) is 4.57 Å². The van der Waals surface area contributed by atoms with Gasteiger partial charge >= 0.3 is 0 Å². The summed E-state index contributed by atoms with van der Waals surface area (Å²) in [5.74, 6) is 0.354. The number of aromatic nitrogens is 1. The molecule has 0 unspecified atom stereocenters. The van der Waals surface area contributed by atoms with Crippen LogP contribution >= 0.6 is 11.3 Å². The molecule has 3 heteroatoms. The molecule has 0 saturated carbocycles. The van der Waals surface area contributed by atoms with E-state index in [4.69, 9.17) is 0 Å². The quantitative estimate of drug-likeness (QED) is 0.651. The number of fused-ring (bicyclic) bond motifs is 5. The Morgan fingerprint density at radius 1 is 1.22 bits per heavy atom. The van der Waals surface area contributed by atoms with Gasteiger partial charge < -0.3 is 9.67 Å². The molecular formula is C15H13NOS. The molecule has 2 heterocycles. The molecular weight excluding hydrogens is 242 g/mol. The summed E-state index contributed by atoms with van der Waals surface area (Å²) in [5.41, 5.74) is 5.30. The van der Waals surface area contributed by atoms with E-state index in [1.54, 1.807) is 6.07 Å². The Morgan fingerprint density at radius 2 is 2.11 bits per heavy atom. The molecule has 0 bridgehead atoms. The summed E-state index contributed by atoms with van der Waals surface area (Å²) in [6.07, 6.45) is 2.19. The summed E-state index contributed by atoms with van der Waals surface area (Å²) in [7, 11) is 2.12. The standard InChI is InChI=1S/C15H13NOS/c1-16-13-4-2-9(17)8-12(13)10-3-5-14-11(15(10)16)6-7-18-14/h2,4,6-8,17H,3,5H2,1H3. The molecule has 0 fully saturated rings. The van der Waals surface area contributed by atoms with Crippen LogP contribution in [0, 0.1) is 0 Å². The number of benzene rings is 1. The molecule has 18 heavy (non-hydrogen) atoms. The zero-order valence-electron chi connectivity index (χ0n) is 10.1. The largest absolute Gasteiger partial charge is 0.508 e. The third-order valence-electron chi connectivity index (χ3n) is 3.89. The van der Waals surface area contributed by atoms with Crippen LogP contribution in [0.5, 0.6) is 5.75 Å². The summed E-state index contributed by atoms with van der Waals surface area (Å²) >= 11 is 1.85. The Hall–Kier alpha value is -1.74. The number of aromatic hydroxyl groups is 1. The molecule has 1 aliphatic rings. The van der Waals surface area contributed by atoms with E-state index >= 15 is 0 Å². The first kappa shape index (κ1) is 10.2. The Labute approximate surface area is 109 Å². The van der Waals surface area contributed by atoms with Gasteiger partial charge in [0.05, 0.1) is 5.69 Å². The number of thiophene rings is 1. The van der Waals surface area contributed by atoms with Crippen LogP contribution in [-0.4, -0.2) is 9.67 Å². The van der Waals surface area contributed by atoms with E-state index in [0.29, 0.717) is 5.75 Å². The van der Waals surface area contributed by atoms with Crippen LogP contribution in [0.3, 0.4) is 0 Å². The van der Waals surface area contributed by atoms with Gasteiger partial charge in [0.1, 0.15) is 5.75 Å². The second kappa shape index (κ2) is 3.39. The molecule has 2 aromatic heterocycles. The van der Waals surface area contributed by atoms with Crippen LogP contribution in [0.15, 0.2) is 29.6 Å². The van der Waals surface area contributed by atoms with Crippen LogP contribution in [0.4, 0.5) is 0 Å². The minimum absolute atomic E-state index is 0.354. The molecule has 1 N–H and O–H groups in total. The van der Waals surface area contributed by atoms with E-state index in [1.165, 1.54) is 32.6 Å². The maximum Gasteiger partial charge on any atom is 0.116 e. The van der Waals surface area contributed by atoms with E-state index in [0.717, 1.165) is 12.8 Å². The molecule has 0 atom stereocenters. The fourth-order valence-electron chi connectivity index (χ4n) is 3.09. The number of phenolic OH excluding ortho intramolecular Hbond substituents is 1. The zero-order valence-corrected chi connectivity index (χ0v) is 10.9. The van der Waals surface area contributed by atoms with Gasteiger partial charge in [0.25, 0.3) is 0 Å². The molecule has 3 aromatic rings. The topological polar surface area (TPSA) is 25.2 Å². The van der Waals surface area contributed by atoms with Crippen molar-refractivity contribution in [3.05, 3.63) is 40.1 Å². The molecule has 0 aliphatic heterocycles. The highest BCUT2D eigenvalue weighted by atomic mass is 32.1. The predicted octanol–water partition coefficient (Wildman–Crippen LogP) is 3.71.